The standard InChI is InChI=1S/C18H30ClN5O/c1-4-20-18(21-8-7-16-5-6-17(19)22-12-16)23-11-14(2)24-9-10-25-13-15(24)3/h5-6,12,14-15H,4,7-11,13H2,1-3H3,(H2,20,21,23). The minimum absolute atomic E-state index is 0.398. The number of rotatable bonds is 7. The molecule has 140 valence electrons. The molecule has 0 radical (unpaired) electrons. The summed E-state index contributed by atoms with van der Waals surface area (Å²) in [6.07, 6.45) is 2.70. The number of nitrogens with one attached hydrogen (secondary N) is 2. The highest BCUT2D eigenvalue weighted by Crippen LogP contribution is 2.11. The van der Waals surface area contributed by atoms with Crippen LogP contribution in [0, 0.1) is 0 Å². The lowest BCUT2D eigenvalue weighted by atomic mass is 10.2. The highest BCUT2D eigenvalue weighted by atomic mass is 35.5. The van der Waals surface area contributed by atoms with Gasteiger partial charge in [-0.05, 0) is 38.8 Å². The first kappa shape index (κ1) is 19.9. The van der Waals surface area contributed by atoms with Crippen molar-refractivity contribution in [3.63, 3.8) is 0 Å². The van der Waals surface area contributed by atoms with Crippen molar-refractivity contribution >= 4 is 17.6 Å². The predicted molar refractivity (Wildman–Crippen MR) is 103 cm³/mol. The molecule has 1 aromatic rings. The van der Waals surface area contributed by atoms with Gasteiger partial charge < -0.3 is 15.4 Å². The van der Waals surface area contributed by atoms with Crippen LogP contribution in [0.1, 0.15) is 26.3 Å². The summed E-state index contributed by atoms with van der Waals surface area (Å²) in [4.78, 5) is 11.3. The van der Waals surface area contributed by atoms with Gasteiger partial charge in [0.2, 0.25) is 0 Å². The molecule has 1 fully saturated rings. The third kappa shape index (κ3) is 6.80. The molecule has 1 saturated heterocycles. The maximum atomic E-state index is 5.81. The van der Waals surface area contributed by atoms with E-state index in [1.165, 1.54) is 0 Å². The second-order valence-electron chi connectivity index (χ2n) is 6.40. The minimum atomic E-state index is 0.398. The number of morpholine rings is 1. The van der Waals surface area contributed by atoms with Gasteiger partial charge in [-0.15, -0.1) is 0 Å². The van der Waals surface area contributed by atoms with Gasteiger partial charge in [-0.1, -0.05) is 17.7 Å². The number of guanidine groups is 1. The second kappa shape index (κ2) is 10.6. The van der Waals surface area contributed by atoms with E-state index in [-0.39, 0.29) is 0 Å². The van der Waals surface area contributed by atoms with Crippen molar-refractivity contribution in [1.29, 1.82) is 0 Å². The molecule has 0 spiro atoms. The zero-order valence-electron chi connectivity index (χ0n) is 15.5. The first-order chi connectivity index (χ1) is 12.1. The highest BCUT2D eigenvalue weighted by Gasteiger charge is 2.23. The number of nitrogens with zero attached hydrogens (tertiary/aromatic N) is 3. The van der Waals surface area contributed by atoms with E-state index in [2.05, 4.69) is 41.3 Å². The Kier molecular flexibility index (Phi) is 8.44. The molecular weight excluding hydrogens is 338 g/mol. The van der Waals surface area contributed by atoms with Crippen molar-refractivity contribution in [2.75, 3.05) is 39.4 Å². The Morgan fingerprint density at radius 2 is 2.32 bits per heavy atom. The van der Waals surface area contributed by atoms with Gasteiger partial charge in [-0.2, -0.15) is 0 Å². The Bertz CT molecular complexity index is 537. The Morgan fingerprint density at radius 1 is 1.48 bits per heavy atom. The number of hydrogen-bond donors (Lipinski definition) is 2. The van der Waals surface area contributed by atoms with Crippen LogP contribution in [0.2, 0.25) is 5.15 Å². The van der Waals surface area contributed by atoms with Crippen molar-refractivity contribution in [3.8, 4) is 0 Å². The lowest BCUT2D eigenvalue weighted by Gasteiger charge is -2.37. The van der Waals surface area contributed by atoms with E-state index in [0.717, 1.165) is 57.3 Å². The number of aliphatic imine (C=N–C) groups is 1. The molecular formula is C18H30ClN5O. The van der Waals surface area contributed by atoms with Crippen molar-refractivity contribution in [1.82, 2.24) is 20.5 Å². The molecule has 0 bridgehead atoms. The van der Waals surface area contributed by atoms with Crippen LogP contribution in [-0.2, 0) is 11.2 Å². The van der Waals surface area contributed by atoms with Gasteiger partial charge in [0.1, 0.15) is 5.15 Å². The van der Waals surface area contributed by atoms with Gasteiger partial charge in [0.25, 0.3) is 0 Å². The van der Waals surface area contributed by atoms with Crippen molar-refractivity contribution in [2.45, 2.75) is 39.3 Å². The highest BCUT2D eigenvalue weighted by molar-refractivity contribution is 6.29. The summed E-state index contributed by atoms with van der Waals surface area (Å²) in [5.41, 5.74) is 1.16. The summed E-state index contributed by atoms with van der Waals surface area (Å²) in [7, 11) is 0. The Hall–Kier alpha value is -1.37. The predicted octanol–water partition coefficient (Wildman–Crippen LogP) is 1.94. The van der Waals surface area contributed by atoms with Gasteiger partial charge in [0.15, 0.2) is 5.96 Å². The fourth-order valence-corrected chi connectivity index (χ4v) is 3.06. The van der Waals surface area contributed by atoms with Crippen LogP contribution in [0.3, 0.4) is 0 Å². The molecule has 0 amide bonds. The van der Waals surface area contributed by atoms with Crippen LogP contribution < -0.4 is 10.6 Å². The van der Waals surface area contributed by atoms with Gasteiger partial charge in [0, 0.05) is 37.9 Å². The zero-order valence-corrected chi connectivity index (χ0v) is 16.2. The molecule has 1 aromatic heterocycles. The van der Waals surface area contributed by atoms with Crippen molar-refractivity contribution in [2.24, 2.45) is 4.99 Å². The van der Waals surface area contributed by atoms with Crippen LogP contribution in [0.4, 0.5) is 0 Å². The molecule has 7 heteroatoms. The number of hydrogen-bond acceptors (Lipinski definition) is 4. The van der Waals surface area contributed by atoms with Gasteiger partial charge in [-0.25, -0.2) is 4.98 Å². The summed E-state index contributed by atoms with van der Waals surface area (Å²) in [5.74, 6) is 0.859. The Labute approximate surface area is 156 Å². The molecule has 2 rings (SSSR count). The van der Waals surface area contributed by atoms with Crippen LogP contribution in [-0.4, -0.2) is 67.3 Å². The largest absolute Gasteiger partial charge is 0.379 e. The lowest BCUT2D eigenvalue weighted by Crippen LogP contribution is -2.49. The van der Waals surface area contributed by atoms with Crippen LogP contribution >= 0.6 is 11.6 Å². The summed E-state index contributed by atoms with van der Waals surface area (Å²) < 4.78 is 5.51. The summed E-state index contributed by atoms with van der Waals surface area (Å²) in [6.45, 7) is 11.5. The van der Waals surface area contributed by atoms with E-state index in [0.29, 0.717) is 17.2 Å². The van der Waals surface area contributed by atoms with E-state index in [1.54, 1.807) is 0 Å². The maximum Gasteiger partial charge on any atom is 0.191 e. The molecule has 6 nitrogen and oxygen atoms in total. The molecule has 2 heterocycles. The number of pyridine rings is 1. The van der Waals surface area contributed by atoms with Gasteiger partial charge in [0.05, 0.1) is 19.8 Å². The smallest absolute Gasteiger partial charge is 0.191 e. The quantitative estimate of drug-likeness (QED) is 0.438. The fourth-order valence-electron chi connectivity index (χ4n) is 2.94. The van der Waals surface area contributed by atoms with Crippen molar-refractivity contribution < 1.29 is 4.74 Å². The molecule has 2 N–H and O–H groups in total. The summed E-state index contributed by atoms with van der Waals surface area (Å²) in [6, 6.07) is 4.67. The monoisotopic (exact) mass is 367 g/mol. The number of ether oxygens (including phenoxy) is 1. The third-order valence-electron chi connectivity index (χ3n) is 4.34. The topological polar surface area (TPSA) is 61.8 Å². The summed E-state index contributed by atoms with van der Waals surface area (Å²) >= 11 is 5.81. The maximum absolute atomic E-state index is 5.81. The molecule has 0 aliphatic carbocycles. The molecule has 1 aliphatic rings. The summed E-state index contributed by atoms with van der Waals surface area (Å²) in [5, 5.41) is 7.22. The third-order valence-corrected chi connectivity index (χ3v) is 4.56. The van der Waals surface area contributed by atoms with Gasteiger partial charge in [-0.3, -0.25) is 9.89 Å². The first-order valence-corrected chi connectivity index (χ1v) is 9.44. The Morgan fingerprint density at radius 3 is 3.00 bits per heavy atom. The average molecular weight is 368 g/mol. The van der Waals surface area contributed by atoms with Crippen LogP contribution in [0.5, 0.6) is 0 Å². The van der Waals surface area contributed by atoms with Gasteiger partial charge >= 0.3 is 0 Å². The number of halogens is 1. The second-order valence-corrected chi connectivity index (χ2v) is 6.78. The molecule has 0 aromatic carbocycles. The molecule has 1 aliphatic heterocycles. The van der Waals surface area contributed by atoms with E-state index in [9.17, 15) is 0 Å². The van der Waals surface area contributed by atoms with E-state index in [1.807, 2.05) is 18.3 Å². The number of aromatic nitrogens is 1. The molecule has 2 atom stereocenters. The average Bonchev–Trinajstić information content (AvgIpc) is 2.61. The van der Waals surface area contributed by atoms with Crippen molar-refractivity contribution in [3.05, 3.63) is 29.0 Å². The van der Waals surface area contributed by atoms with E-state index < -0.39 is 0 Å². The zero-order chi connectivity index (χ0) is 18.1. The molecule has 0 saturated carbocycles. The van der Waals surface area contributed by atoms with Crippen LogP contribution in [0.25, 0.3) is 0 Å². The Balaban J connectivity index is 1.81. The first-order valence-electron chi connectivity index (χ1n) is 9.06. The van der Waals surface area contributed by atoms with E-state index in [4.69, 9.17) is 21.3 Å². The SMILES string of the molecule is CCNC(=NCC(C)N1CCOCC1C)NCCc1ccc(Cl)nc1. The normalized spacial score (nSPS) is 20.3. The van der Waals surface area contributed by atoms with E-state index >= 15 is 0 Å². The molecule has 2 unspecified atom stereocenters. The fraction of sp³-hybridized carbons (Fsp3) is 0.667. The van der Waals surface area contributed by atoms with Crippen LogP contribution in [0.15, 0.2) is 23.3 Å². The minimum Gasteiger partial charge on any atom is -0.379 e. The lowest BCUT2D eigenvalue weighted by molar-refractivity contribution is -0.0165. The molecule has 25 heavy (non-hydrogen) atoms.